The second-order valence-electron chi connectivity index (χ2n) is 3.43. The van der Waals surface area contributed by atoms with Gasteiger partial charge in [0.2, 0.25) is 0 Å². The monoisotopic (exact) mass is 211 g/mol. The highest BCUT2D eigenvalue weighted by molar-refractivity contribution is 7.99. The van der Waals surface area contributed by atoms with E-state index in [0.717, 1.165) is 6.54 Å². The number of thioether (sulfide) groups is 1. The van der Waals surface area contributed by atoms with Crippen molar-refractivity contribution in [3.05, 3.63) is 18.0 Å². The molecule has 0 aliphatic carbocycles. The second kappa shape index (κ2) is 4.50. The molecule has 0 aromatic carbocycles. The molecule has 1 aliphatic rings. The van der Waals surface area contributed by atoms with Crippen molar-refractivity contribution in [2.75, 3.05) is 18.1 Å². The number of amides is 1. The second-order valence-corrected chi connectivity index (χ2v) is 4.58. The van der Waals surface area contributed by atoms with Gasteiger partial charge in [-0.3, -0.25) is 9.89 Å². The molecule has 0 spiro atoms. The number of nitrogens with one attached hydrogen (secondary N) is 2. The molecule has 76 valence electrons. The third-order valence-corrected chi connectivity index (χ3v) is 3.57. The van der Waals surface area contributed by atoms with E-state index < -0.39 is 0 Å². The quantitative estimate of drug-likeness (QED) is 0.780. The highest BCUT2D eigenvalue weighted by Gasteiger charge is 2.16. The summed E-state index contributed by atoms with van der Waals surface area (Å²) in [6, 6.07) is 0. The highest BCUT2D eigenvalue weighted by Crippen LogP contribution is 2.22. The molecule has 1 amide bonds. The minimum absolute atomic E-state index is 0.0318. The summed E-state index contributed by atoms with van der Waals surface area (Å²) in [4.78, 5) is 11.5. The van der Waals surface area contributed by atoms with Gasteiger partial charge in [0.05, 0.1) is 11.8 Å². The third-order valence-electron chi connectivity index (χ3n) is 2.34. The van der Waals surface area contributed by atoms with Crippen molar-refractivity contribution in [2.24, 2.45) is 5.92 Å². The van der Waals surface area contributed by atoms with Crippen LogP contribution in [0.4, 0.5) is 0 Å². The predicted molar refractivity (Wildman–Crippen MR) is 56.4 cm³/mol. The van der Waals surface area contributed by atoms with Crippen molar-refractivity contribution in [3.63, 3.8) is 0 Å². The number of rotatable bonds is 3. The summed E-state index contributed by atoms with van der Waals surface area (Å²) in [6.07, 6.45) is 4.37. The summed E-state index contributed by atoms with van der Waals surface area (Å²) in [6.45, 7) is 0.789. The van der Waals surface area contributed by atoms with Gasteiger partial charge in [0.25, 0.3) is 5.91 Å². The van der Waals surface area contributed by atoms with Gasteiger partial charge in [-0.05, 0) is 23.8 Å². The molecule has 0 radical (unpaired) electrons. The lowest BCUT2D eigenvalue weighted by Crippen LogP contribution is -2.28. The molecule has 14 heavy (non-hydrogen) atoms. The SMILES string of the molecule is O=C(NCC1CCSC1)c1cn[nH]c1. The Morgan fingerprint density at radius 3 is 3.36 bits per heavy atom. The summed E-state index contributed by atoms with van der Waals surface area (Å²) in [5.74, 6) is 3.02. The van der Waals surface area contributed by atoms with Crippen molar-refractivity contribution in [2.45, 2.75) is 6.42 Å². The molecular formula is C9H13N3OS. The standard InChI is InChI=1S/C9H13N3OS/c13-9(8-4-11-12-5-8)10-3-7-1-2-14-6-7/h4-5,7H,1-3,6H2,(H,10,13)(H,11,12). The Balaban J connectivity index is 1.78. The average molecular weight is 211 g/mol. The van der Waals surface area contributed by atoms with Crippen molar-refractivity contribution in [1.29, 1.82) is 0 Å². The third kappa shape index (κ3) is 2.29. The average Bonchev–Trinajstić information content (AvgIpc) is 2.87. The fraction of sp³-hybridized carbons (Fsp3) is 0.556. The van der Waals surface area contributed by atoms with Gasteiger partial charge in [-0.1, -0.05) is 0 Å². The molecule has 5 heteroatoms. The smallest absolute Gasteiger partial charge is 0.254 e. The van der Waals surface area contributed by atoms with Crippen molar-refractivity contribution >= 4 is 17.7 Å². The molecule has 1 unspecified atom stereocenters. The van der Waals surface area contributed by atoms with Gasteiger partial charge in [-0.2, -0.15) is 16.9 Å². The van der Waals surface area contributed by atoms with Crippen LogP contribution < -0.4 is 5.32 Å². The zero-order valence-electron chi connectivity index (χ0n) is 7.82. The zero-order chi connectivity index (χ0) is 9.80. The number of aromatic nitrogens is 2. The zero-order valence-corrected chi connectivity index (χ0v) is 8.64. The van der Waals surface area contributed by atoms with Gasteiger partial charge in [-0.15, -0.1) is 0 Å². The summed E-state index contributed by atoms with van der Waals surface area (Å²) >= 11 is 1.96. The normalized spacial score (nSPS) is 21.0. The first kappa shape index (κ1) is 9.58. The van der Waals surface area contributed by atoms with Crippen LogP contribution >= 0.6 is 11.8 Å². The van der Waals surface area contributed by atoms with E-state index in [9.17, 15) is 4.79 Å². The summed E-state index contributed by atoms with van der Waals surface area (Å²) < 4.78 is 0. The van der Waals surface area contributed by atoms with Crippen LogP contribution in [0.1, 0.15) is 16.8 Å². The molecular weight excluding hydrogens is 198 g/mol. The van der Waals surface area contributed by atoms with Crippen LogP contribution in [0.5, 0.6) is 0 Å². The van der Waals surface area contributed by atoms with Gasteiger partial charge in [0.15, 0.2) is 0 Å². The van der Waals surface area contributed by atoms with E-state index in [4.69, 9.17) is 0 Å². The van der Waals surface area contributed by atoms with Crippen LogP contribution in [0.3, 0.4) is 0 Å². The van der Waals surface area contributed by atoms with E-state index >= 15 is 0 Å². The Morgan fingerprint density at radius 2 is 2.71 bits per heavy atom. The van der Waals surface area contributed by atoms with Crippen LogP contribution in [0.2, 0.25) is 0 Å². The maximum atomic E-state index is 11.5. The van der Waals surface area contributed by atoms with Crippen LogP contribution in [-0.4, -0.2) is 34.2 Å². The Kier molecular flexibility index (Phi) is 3.08. The molecule has 1 aromatic rings. The minimum atomic E-state index is -0.0318. The Bertz CT molecular complexity index is 293. The lowest BCUT2D eigenvalue weighted by molar-refractivity contribution is 0.0948. The van der Waals surface area contributed by atoms with Gasteiger partial charge in [0.1, 0.15) is 0 Å². The fourth-order valence-electron chi connectivity index (χ4n) is 1.46. The largest absolute Gasteiger partial charge is 0.352 e. The Morgan fingerprint density at radius 1 is 1.79 bits per heavy atom. The van der Waals surface area contributed by atoms with Crippen molar-refractivity contribution < 1.29 is 4.79 Å². The molecule has 2 rings (SSSR count). The maximum absolute atomic E-state index is 11.5. The van der Waals surface area contributed by atoms with Crippen molar-refractivity contribution in [1.82, 2.24) is 15.5 Å². The molecule has 0 bridgehead atoms. The molecule has 4 nitrogen and oxygen atoms in total. The van der Waals surface area contributed by atoms with Gasteiger partial charge < -0.3 is 5.32 Å². The lowest BCUT2D eigenvalue weighted by atomic mass is 10.1. The molecule has 2 heterocycles. The maximum Gasteiger partial charge on any atom is 0.254 e. The van der Waals surface area contributed by atoms with Gasteiger partial charge in [0, 0.05) is 12.7 Å². The van der Waals surface area contributed by atoms with Crippen LogP contribution in [0, 0.1) is 5.92 Å². The van der Waals surface area contributed by atoms with E-state index in [-0.39, 0.29) is 5.91 Å². The Labute approximate surface area is 86.8 Å². The molecule has 1 aliphatic heterocycles. The summed E-state index contributed by atoms with van der Waals surface area (Å²) in [5.41, 5.74) is 0.607. The first-order chi connectivity index (χ1) is 6.86. The number of aromatic amines is 1. The number of hydrogen-bond acceptors (Lipinski definition) is 3. The number of carbonyl (C=O) groups excluding carboxylic acids is 1. The number of nitrogens with zero attached hydrogens (tertiary/aromatic N) is 1. The van der Waals surface area contributed by atoms with Gasteiger partial charge >= 0.3 is 0 Å². The number of carbonyl (C=O) groups is 1. The van der Waals surface area contributed by atoms with Crippen LogP contribution in [-0.2, 0) is 0 Å². The first-order valence-electron chi connectivity index (χ1n) is 4.71. The molecule has 0 saturated carbocycles. The highest BCUT2D eigenvalue weighted by atomic mass is 32.2. The number of hydrogen-bond donors (Lipinski definition) is 2. The molecule has 1 fully saturated rings. The van der Waals surface area contributed by atoms with Crippen LogP contribution in [0.25, 0.3) is 0 Å². The van der Waals surface area contributed by atoms with E-state index in [2.05, 4.69) is 15.5 Å². The Hall–Kier alpha value is -0.970. The van der Waals surface area contributed by atoms with E-state index in [1.807, 2.05) is 11.8 Å². The van der Waals surface area contributed by atoms with E-state index in [1.54, 1.807) is 12.4 Å². The van der Waals surface area contributed by atoms with Crippen molar-refractivity contribution in [3.8, 4) is 0 Å². The minimum Gasteiger partial charge on any atom is -0.352 e. The molecule has 1 atom stereocenters. The predicted octanol–water partition coefficient (Wildman–Crippen LogP) is 0.893. The fourth-order valence-corrected chi connectivity index (χ4v) is 2.74. The van der Waals surface area contributed by atoms with Gasteiger partial charge in [-0.25, -0.2) is 0 Å². The van der Waals surface area contributed by atoms with E-state index in [0.29, 0.717) is 11.5 Å². The molecule has 1 saturated heterocycles. The number of H-pyrrole nitrogens is 1. The lowest BCUT2D eigenvalue weighted by Gasteiger charge is -2.08. The summed E-state index contributed by atoms with van der Waals surface area (Å²) in [5, 5.41) is 9.27. The summed E-state index contributed by atoms with van der Waals surface area (Å²) in [7, 11) is 0. The first-order valence-corrected chi connectivity index (χ1v) is 5.86. The van der Waals surface area contributed by atoms with Crippen LogP contribution in [0.15, 0.2) is 12.4 Å². The molecule has 1 aromatic heterocycles. The topological polar surface area (TPSA) is 57.8 Å². The molecule has 2 N–H and O–H groups in total. The van der Waals surface area contributed by atoms with E-state index in [1.165, 1.54) is 17.9 Å².